The summed E-state index contributed by atoms with van der Waals surface area (Å²) in [6.07, 6.45) is 1.56. The summed E-state index contributed by atoms with van der Waals surface area (Å²) < 4.78 is 7.88. The Morgan fingerprint density at radius 3 is 2.64 bits per heavy atom. The van der Waals surface area contributed by atoms with Gasteiger partial charge in [-0.25, -0.2) is 0 Å². The first-order valence-electron chi connectivity index (χ1n) is 7.65. The quantitative estimate of drug-likeness (QED) is 0.725. The molecule has 0 bridgehead atoms. The van der Waals surface area contributed by atoms with E-state index in [1.807, 2.05) is 19.1 Å². The average molecular weight is 401 g/mol. The van der Waals surface area contributed by atoms with E-state index in [1.165, 1.54) is 0 Å². The van der Waals surface area contributed by atoms with Gasteiger partial charge in [0, 0.05) is 23.4 Å². The van der Waals surface area contributed by atoms with Gasteiger partial charge in [0.05, 0.1) is 18.0 Å². The maximum atomic E-state index is 12.8. The number of nitrogens with one attached hydrogen (secondary N) is 1. The van der Waals surface area contributed by atoms with Crippen molar-refractivity contribution in [1.29, 1.82) is 0 Å². The van der Waals surface area contributed by atoms with Crippen LogP contribution in [0.5, 0.6) is 5.75 Å². The van der Waals surface area contributed by atoms with Gasteiger partial charge in [-0.15, -0.1) is 0 Å². The number of ether oxygens (including phenoxy) is 1. The lowest BCUT2D eigenvalue weighted by molar-refractivity contribution is 0.102. The predicted octanol–water partition coefficient (Wildman–Crippen LogP) is 3.87. The molecule has 1 amide bonds. The van der Waals surface area contributed by atoms with Gasteiger partial charge < -0.3 is 14.6 Å². The fraction of sp³-hybridized carbons (Fsp3) is 0.158. The van der Waals surface area contributed by atoms with Gasteiger partial charge in [0.1, 0.15) is 11.3 Å². The number of pyridine rings is 1. The molecule has 0 saturated heterocycles. The monoisotopic (exact) mass is 400 g/mol. The molecule has 0 spiro atoms. The highest BCUT2D eigenvalue weighted by Crippen LogP contribution is 2.21. The highest BCUT2D eigenvalue weighted by atomic mass is 79.9. The Morgan fingerprint density at radius 1 is 1.20 bits per heavy atom. The van der Waals surface area contributed by atoms with Gasteiger partial charge in [-0.3, -0.25) is 9.59 Å². The Balaban J connectivity index is 2.07. The first-order chi connectivity index (χ1) is 11.9. The minimum atomic E-state index is -0.434. The molecular weight excluding hydrogens is 384 g/mol. The van der Waals surface area contributed by atoms with E-state index >= 15 is 0 Å². The number of aromatic nitrogens is 1. The molecule has 0 aliphatic heterocycles. The molecule has 5 nitrogen and oxygen atoms in total. The van der Waals surface area contributed by atoms with E-state index in [1.54, 1.807) is 49.2 Å². The number of hydrogen-bond donors (Lipinski definition) is 1. The SMILES string of the molecule is COc1ccc2c(c1)c(=O)c(C(=O)Nc1ccc(Br)cc1C)cn2C. The highest BCUT2D eigenvalue weighted by Gasteiger charge is 2.16. The Kier molecular flexibility index (Phi) is 4.63. The molecule has 1 N–H and O–H groups in total. The van der Waals surface area contributed by atoms with Gasteiger partial charge in [-0.2, -0.15) is 0 Å². The number of aryl methyl sites for hydroxylation is 2. The van der Waals surface area contributed by atoms with Gasteiger partial charge in [-0.05, 0) is 48.9 Å². The van der Waals surface area contributed by atoms with Crippen molar-refractivity contribution in [1.82, 2.24) is 4.57 Å². The topological polar surface area (TPSA) is 60.3 Å². The summed E-state index contributed by atoms with van der Waals surface area (Å²) in [5.41, 5.74) is 2.08. The van der Waals surface area contributed by atoms with Crippen LogP contribution in [0, 0.1) is 6.92 Å². The summed E-state index contributed by atoms with van der Waals surface area (Å²) in [5.74, 6) is 0.140. The largest absolute Gasteiger partial charge is 0.497 e. The second kappa shape index (κ2) is 6.72. The van der Waals surface area contributed by atoms with Crippen molar-refractivity contribution in [2.45, 2.75) is 6.92 Å². The lowest BCUT2D eigenvalue weighted by Crippen LogP contribution is -2.23. The third kappa shape index (κ3) is 3.30. The number of halogens is 1. The van der Waals surface area contributed by atoms with Crippen molar-refractivity contribution in [2.75, 3.05) is 12.4 Å². The zero-order valence-electron chi connectivity index (χ0n) is 14.1. The van der Waals surface area contributed by atoms with Crippen LogP contribution in [0.15, 0.2) is 51.9 Å². The van der Waals surface area contributed by atoms with Crippen molar-refractivity contribution in [2.24, 2.45) is 7.05 Å². The van der Waals surface area contributed by atoms with Gasteiger partial charge >= 0.3 is 0 Å². The molecule has 0 radical (unpaired) electrons. The zero-order chi connectivity index (χ0) is 18.1. The van der Waals surface area contributed by atoms with E-state index in [0.29, 0.717) is 16.8 Å². The molecule has 0 aliphatic rings. The molecule has 3 aromatic rings. The van der Waals surface area contributed by atoms with Crippen LogP contribution in [0.3, 0.4) is 0 Å². The maximum absolute atomic E-state index is 12.8. The number of carbonyl (C=O) groups excluding carboxylic acids is 1. The fourth-order valence-corrected chi connectivity index (χ4v) is 3.19. The lowest BCUT2D eigenvalue weighted by Gasteiger charge is -2.12. The van der Waals surface area contributed by atoms with Crippen LogP contribution in [0.2, 0.25) is 0 Å². The molecule has 25 heavy (non-hydrogen) atoms. The Morgan fingerprint density at radius 2 is 1.96 bits per heavy atom. The molecule has 1 heterocycles. The number of fused-ring (bicyclic) bond motifs is 1. The third-order valence-corrected chi connectivity index (χ3v) is 4.57. The lowest BCUT2D eigenvalue weighted by atomic mass is 10.1. The zero-order valence-corrected chi connectivity index (χ0v) is 15.7. The molecule has 2 aromatic carbocycles. The summed E-state index contributed by atoms with van der Waals surface area (Å²) in [6.45, 7) is 1.89. The number of anilines is 1. The van der Waals surface area contributed by atoms with Crippen molar-refractivity contribution >= 4 is 38.4 Å². The van der Waals surface area contributed by atoms with Crippen LogP contribution < -0.4 is 15.5 Å². The van der Waals surface area contributed by atoms with E-state index in [9.17, 15) is 9.59 Å². The first kappa shape index (κ1) is 17.2. The standard InChI is InChI=1S/C19H17BrN2O3/c1-11-8-12(20)4-6-16(11)21-19(24)15-10-22(2)17-7-5-13(25-3)9-14(17)18(15)23/h4-10H,1-3H3,(H,21,24). The number of hydrogen-bond acceptors (Lipinski definition) is 3. The number of nitrogens with zero attached hydrogens (tertiary/aromatic N) is 1. The van der Waals surface area contributed by atoms with Crippen LogP contribution in [-0.4, -0.2) is 17.6 Å². The minimum Gasteiger partial charge on any atom is -0.497 e. The number of rotatable bonds is 3. The van der Waals surface area contributed by atoms with Crippen molar-refractivity contribution < 1.29 is 9.53 Å². The molecule has 0 unspecified atom stereocenters. The van der Waals surface area contributed by atoms with Gasteiger partial charge in [-0.1, -0.05) is 15.9 Å². The fourth-order valence-electron chi connectivity index (χ4n) is 2.72. The average Bonchev–Trinajstić information content (AvgIpc) is 2.60. The summed E-state index contributed by atoms with van der Waals surface area (Å²) >= 11 is 3.39. The molecule has 1 aromatic heterocycles. The number of methoxy groups -OCH3 is 1. The summed E-state index contributed by atoms with van der Waals surface area (Å²) in [4.78, 5) is 25.4. The maximum Gasteiger partial charge on any atom is 0.261 e. The number of benzene rings is 2. The van der Waals surface area contributed by atoms with Crippen LogP contribution in [0.4, 0.5) is 5.69 Å². The molecule has 6 heteroatoms. The normalized spacial score (nSPS) is 10.7. The van der Waals surface area contributed by atoms with E-state index in [2.05, 4.69) is 21.2 Å². The number of carbonyl (C=O) groups is 1. The predicted molar refractivity (Wildman–Crippen MR) is 103 cm³/mol. The van der Waals surface area contributed by atoms with Crippen LogP contribution in [0.25, 0.3) is 10.9 Å². The van der Waals surface area contributed by atoms with E-state index in [0.717, 1.165) is 15.6 Å². The molecule has 128 valence electrons. The molecular formula is C19H17BrN2O3. The van der Waals surface area contributed by atoms with Gasteiger partial charge in [0.15, 0.2) is 0 Å². The smallest absolute Gasteiger partial charge is 0.261 e. The molecule has 0 atom stereocenters. The second-order valence-electron chi connectivity index (χ2n) is 5.78. The first-order valence-corrected chi connectivity index (χ1v) is 8.45. The highest BCUT2D eigenvalue weighted by molar-refractivity contribution is 9.10. The summed E-state index contributed by atoms with van der Waals surface area (Å²) in [6, 6.07) is 10.8. The van der Waals surface area contributed by atoms with Gasteiger partial charge in [0.2, 0.25) is 5.43 Å². The summed E-state index contributed by atoms with van der Waals surface area (Å²) in [7, 11) is 3.34. The molecule has 0 fully saturated rings. The molecule has 0 aliphatic carbocycles. The Labute approximate surface area is 153 Å². The summed E-state index contributed by atoms with van der Waals surface area (Å²) in [5, 5.41) is 3.26. The van der Waals surface area contributed by atoms with Crippen LogP contribution >= 0.6 is 15.9 Å². The van der Waals surface area contributed by atoms with Crippen LogP contribution in [-0.2, 0) is 7.05 Å². The van der Waals surface area contributed by atoms with E-state index in [-0.39, 0.29) is 11.0 Å². The Bertz CT molecular complexity index is 1040. The van der Waals surface area contributed by atoms with Crippen molar-refractivity contribution in [3.63, 3.8) is 0 Å². The molecule has 3 rings (SSSR count). The second-order valence-corrected chi connectivity index (χ2v) is 6.69. The Hall–Kier alpha value is -2.60. The third-order valence-electron chi connectivity index (χ3n) is 4.08. The number of amides is 1. The molecule has 0 saturated carbocycles. The van der Waals surface area contributed by atoms with Crippen LogP contribution in [0.1, 0.15) is 15.9 Å². The van der Waals surface area contributed by atoms with E-state index < -0.39 is 5.91 Å². The van der Waals surface area contributed by atoms with E-state index in [4.69, 9.17) is 4.74 Å². The minimum absolute atomic E-state index is 0.0885. The van der Waals surface area contributed by atoms with Crippen molar-refractivity contribution in [3.8, 4) is 5.75 Å². The van der Waals surface area contributed by atoms with Gasteiger partial charge in [0.25, 0.3) is 5.91 Å². The van der Waals surface area contributed by atoms with Crippen molar-refractivity contribution in [3.05, 3.63) is 68.4 Å².